The van der Waals surface area contributed by atoms with E-state index in [1.807, 2.05) is 30.3 Å². The number of aryl methyl sites for hydroxylation is 2. The molecule has 30 heavy (non-hydrogen) atoms. The zero-order chi connectivity index (χ0) is 21.3. The summed E-state index contributed by atoms with van der Waals surface area (Å²) in [5, 5.41) is 12.5. The molecule has 3 aromatic rings. The minimum absolute atomic E-state index is 0.295. The number of anilines is 1. The number of halogens is 2. The fraction of sp³-hybridized carbons (Fsp3) is 0.348. The molecule has 158 valence electrons. The molecule has 1 unspecified atom stereocenters. The van der Waals surface area contributed by atoms with Gasteiger partial charge in [-0.05, 0) is 73.2 Å². The topological polar surface area (TPSA) is 59.6 Å². The second kappa shape index (κ2) is 8.76. The Balaban J connectivity index is 1.36. The number of fused-ring (bicyclic) bond motifs is 1. The second-order valence-electron chi connectivity index (χ2n) is 7.83. The molecule has 0 amide bonds. The van der Waals surface area contributed by atoms with Crippen molar-refractivity contribution in [2.45, 2.75) is 26.0 Å². The summed E-state index contributed by atoms with van der Waals surface area (Å²) >= 11 is 5.96. The molecule has 1 saturated heterocycles. The van der Waals surface area contributed by atoms with Crippen LogP contribution in [-0.2, 0) is 6.42 Å². The molecule has 4 rings (SSSR count). The molecule has 2 N–H and O–H groups in total. The van der Waals surface area contributed by atoms with Crippen LogP contribution >= 0.6 is 11.6 Å². The van der Waals surface area contributed by atoms with Gasteiger partial charge in [-0.2, -0.15) is 0 Å². The lowest BCUT2D eigenvalue weighted by Gasteiger charge is -2.38. The number of aromatic nitrogens is 1. The van der Waals surface area contributed by atoms with Gasteiger partial charge in [0.15, 0.2) is 0 Å². The Morgan fingerprint density at radius 1 is 1.10 bits per heavy atom. The van der Waals surface area contributed by atoms with Crippen LogP contribution < -0.4 is 10.5 Å². The summed E-state index contributed by atoms with van der Waals surface area (Å²) in [6.45, 7) is 4.98. The van der Waals surface area contributed by atoms with Gasteiger partial charge >= 0.3 is 0 Å². The molecular formula is C23H25ClFN3O2. The zero-order valence-electron chi connectivity index (χ0n) is 16.9. The van der Waals surface area contributed by atoms with E-state index >= 15 is 0 Å². The number of aliphatic hydroxyl groups is 1. The smallest absolute Gasteiger partial charge is 0.256 e. The molecule has 0 spiro atoms. The van der Waals surface area contributed by atoms with Crippen molar-refractivity contribution >= 4 is 28.1 Å². The van der Waals surface area contributed by atoms with Crippen molar-refractivity contribution in [1.29, 1.82) is 0 Å². The summed E-state index contributed by atoms with van der Waals surface area (Å²) in [6.07, 6.45) is 0.481. The number of nitrogens with zero attached hydrogens (tertiary/aromatic N) is 2. The molecule has 2 aromatic carbocycles. The third-order valence-corrected chi connectivity index (χ3v) is 6.04. The van der Waals surface area contributed by atoms with E-state index in [4.69, 9.17) is 11.6 Å². The first kappa shape index (κ1) is 20.8. The quantitative estimate of drug-likeness (QED) is 0.649. The zero-order valence-corrected chi connectivity index (χ0v) is 17.6. The first-order chi connectivity index (χ1) is 14.4. The van der Waals surface area contributed by atoms with Crippen LogP contribution in [0.1, 0.15) is 17.7 Å². The fourth-order valence-electron chi connectivity index (χ4n) is 4.09. The maximum atomic E-state index is 13.6. The number of H-pyrrole nitrogens is 1. The SMILES string of the molecule is Cc1cc(F)cc2c(=O)[nH]c(CCC(O)N3CCN(c4ccc(Cl)cc4)CC3)cc12. The second-order valence-corrected chi connectivity index (χ2v) is 8.26. The van der Waals surface area contributed by atoms with Crippen LogP contribution in [0, 0.1) is 12.7 Å². The van der Waals surface area contributed by atoms with E-state index in [9.17, 15) is 14.3 Å². The Bertz CT molecular complexity index is 1090. The van der Waals surface area contributed by atoms with Crippen LogP contribution in [0.4, 0.5) is 10.1 Å². The van der Waals surface area contributed by atoms with Crippen LogP contribution in [0.3, 0.4) is 0 Å². The minimum atomic E-state index is -0.578. The molecule has 1 aromatic heterocycles. The summed E-state index contributed by atoms with van der Waals surface area (Å²) in [5.41, 5.74) is 2.32. The van der Waals surface area contributed by atoms with Gasteiger partial charge in [0.2, 0.25) is 0 Å². The molecule has 1 aliphatic rings. The number of pyridine rings is 1. The van der Waals surface area contributed by atoms with E-state index in [0.29, 0.717) is 18.2 Å². The number of piperazine rings is 1. The highest BCUT2D eigenvalue weighted by Crippen LogP contribution is 2.21. The Morgan fingerprint density at radius 2 is 1.80 bits per heavy atom. The van der Waals surface area contributed by atoms with Crippen molar-refractivity contribution in [3.63, 3.8) is 0 Å². The number of benzene rings is 2. The van der Waals surface area contributed by atoms with Crippen molar-refractivity contribution in [3.8, 4) is 0 Å². The van der Waals surface area contributed by atoms with E-state index in [1.54, 1.807) is 6.92 Å². The molecular weight excluding hydrogens is 405 g/mol. The maximum absolute atomic E-state index is 13.6. The monoisotopic (exact) mass is 429 g/mol. The number of hydrogen-bond acceptors (Lipinski definition) is 4. The van der Waals surface area contributed by atoms with E-state index < -0.39 is 12.0 Å². The van der Waals surface area contributed by atoms with Gasteiger partial charge in [-0.1, -0.05) is 11.6 Å². The third-order valence-electron chi connectivity index (χ3n) is 5.79. The maximum Gasteiger partial charge on any atom is 0.256 e. The Kier molecular flexibility index (Phi) is 6.09. The molecule has 1 fully saturated rings. The predicted octanol–water partition coefficient (Wildman–Crippen LogP) is 3.70. The fourth-order valence-corrected chi connectivity index (χ4v) is 4.22. The molecule has 1 aliphatic heterocycles. The van der Waals surface area contributed by atoms with E-state index in [2.05, 4.69) is 14.8 Å². The molecule has 0 radical (unpaired) electrons. The van der Waals surface area contributed by atoms with Gasteiger partial charge in [0.1, 0.15) is 12.0 Å². The number of aromatic amines is 1. The van der Waals surface area contributed by atoms with Crippen molar-refractivity contribution < 1.29 is 9.50 Å². The van der Waals surface area contributed by atoms with E-state index in [-0.39, 0.29) is 5.56 Å². The third kappa shape index (κ3) is 4.51. The normalized spacial score (nSPS) is 16.2. The average molecular weight is 430 g/mol. The highest BCUT2D eigenvalue weighted by atomic mass is 35.5. The lowest BCUT2D eigenvalue weighted by atomic mass is 10.0. The minimum Gasteiger partial charge on any atom is -0.378 e. The van der Waals surface area contributed by atoms with Crippen molar-refractivity contribution in [1.82, 2.24) is 9.88 Å². The van der Waals surface area contributed by atoms with E-state index in [1.165, 1.54) is 12.1 Å². The van der Waals surface area contributed by atoms with Crippen LogP contribution in [0.2, 0.25) is 5.02 Å². The van der Waals surface area contributed by atoms with Gasteiger partial charge in [0.25, 0.3) is 5.56 Å². The Hall–Kier alpha value is -2.41. The molecule has 0 aliphatic carbocycles. The van der Waals surface area contributed by atoms with Crippen LogP contribution in [0.15, 0.2) is 47.3 Å². The van der Waals surface area contributed by atoms with E-state index in [0.717, 1.165) is 53.5 Å². The Morgan fingerprint density at radius 3 is 2.50 bits per heavy atom. The summed E-state index contributed by atoms with van der Waals surface area (Å²) in [7, 11) is 0. The first-order valence-electron chi connectivity index (χ1n) is 10.2. The van der Waals surface area contributed by atoms with Crippen LogP contribution in [0.5, 0.6) is 0 Å². The van der Waals surface area contributed by atoms with Crippen molar-refractivity contribution in [2.75, 3.05) is 31.1 Å². The van der Waals surface area contributed by atoms with Crippen LogP contribution in [0.25, 0.3) is 10.8 Å². The summed E-state index contributed by atoms with van der Waals surface area (Å²) < 4.78 is 13.6. The number of nitrogens with one attached hydrogen (secondary N) is 1. The number of hydrogen-bond donors (Lipinski definition) is 2. The molecule has 0 bridgehead atoms. The lowest BCUT2D eigenvalue weighted by molar-refractivity contribution is -0.00533. The summed E-state index contributed by atoms with van der Waals surface area (Å²) in [6, 6.07) is 12.4. The highest BCUT2D eigenvalue weighted by molar-refractivity contribution is 6.30. The summed E-state index contributed by atoms with van der Waals surface area (Å²) in [5.74, 6) is -0.411. The largest absolute Gasteiger partial charge is 0.378 e. The van der Waals surface area contributed by atoms with Gasteiger partial charge < -0.3 is 15.0 Å². The average Bonchev–Trinajstić information content (AvgIpc) is 2.73. The van der Waals surface area contributed by atoms with Gasteiger partial charge in [-0.15, -0.1) is 0 Å². The number of rotatable bonds is 5. The lowest BCUT2D eigenvalue weighted by Crippen LogP contribution is -2.50. The molecule has 2 heterocycles. The van der Waals surface area contributed by atoms with Crippen LogP contribution in [-0.4, -0.2) is 47.4 Å². The predicted molar refractivity (Wildman–Crippen MR) is 119 cm³/mol. The first-order valence-corrected chi connectivity index (χ1v) is 10.5. The van der Waals surface area contributed by atoms with Crippen molar-refractivity contribution in [2.24, 2.45) is 0 Å². The van der Waals surface area contributed by atoms with Gasteiger partial charge in [0.05, 0.1) is 5.39 Å². The van der Waals surface area contributed by atoms with Crippen molar-refractivity contribution in [3.05, 3.63) is 74.9 Å². The molecule has 0 saturated carbocycles. The summed E-state index contributed by atoms with van der Waals surface area (Å²) in [4.78, 5) is 19.5. The standard InChI is InChI=1S/C23H25ClFN3O2/c1-15-12-17(25)13-21-20(15)14-18(26-23(21)30)4-7-22(29)28-10-8-27(9-11-28)19-5-2-16(24)3-6-19/h2-3,5-6,12-14,22,29H,4,7-11H2,1H3,(H,26,30). The van der Waals surface area contributed by atoms with Gasteiger partial charge in [0, 0.05) is 42.6 Å². The molecule has 7 heteroatoms. The van der Waals surface area contributed by atoms with Gasteiger partial charge in [-0.25, -0.2) is 4.39 Å². The highest BCUT2D eigenvalue weighted by Gasteiger charge is 2.22. The Labute approximate surface area is 179 Å². The molecule has 1 atom stereocenters. The van der Waals surface area contributed by atoms with Gasteiger partial charge in [-0.3, -0.25) is 9.69 Å². The number of aliphatic hydroxyl groups excluding tert-OH is 1. The molecule has 5 nitrogen and oxygen atoms in total.